The fraction of sp³-hybridized carbons (Fsp3) is 0.286. The zero-order valence-corrected chi connectivity index (χ0v) is 16.7. The molecular formula is C21H24FN3O4. The summed E-state index contributed by atoms with van der Waals surface area (Å²) in [5.41, 5.74) is 2.95. The maximum Gasteiger partial charge on any atom is 0.262 e. The molecule has 2 aromatic rings. The summed E-state index contributed by atoms with van der Waals surface area (Å²) in [5.74, 6) is -0.965. The molecule has 0 heterocycles. The minimum absolute atomic E-state index is 0.125. The van der Waals surface area contributed by atoms with Gasteiger partial charge >= 0.3 is 0 Å². The monoisotopic (exact) mass is 401 g/mol. The van der Waals surface area contributed by atoms with Crippen molar-refractivity contribution in [3.05, 3.63) is 59.4 Å². The van der Waals surface area contributed by atoms with Gasteiger partial charge in [-0.2, -0.15) is 5.10 Å². The maximum atomic E-state index is 13.8. The fourth-order valence-electron chi connectivity index (χ4n) is 2.57. The van der Waals surface area contributed by atoms with Crippen LogP contribution in [-0.4, -0.2) is 38.3 Å². The Bertz CT molecular complexity index is 899. The van der Waals surface area contributed by atoms with Crippen LogP contribution >= 0.6 is 0 Å². The average molecular weight is 401 g/mol. The SMILES string of the molecule is COc1ccc(/C=N/NC(=O)C(NC(=O)c2ccccc2F)C(C)C)cc1OC. The number of amides is 2. The molecular weight excluding hydrogens is 377 g/mol. The first-order chi connectivity index (χ1) is 13.9. The van der Waals surface area contributed by atoms with E-state index in [9.17, 15) is 14.0 Å². The number of benzene rings is 2. The number of halogens is 1. The smallest absolute Gasteiger partial charge is 0.262 e. The second kappa shape index (κ2) is 10.2. The molecule has 29 heavy (non-hydrogen) atoms. The van der Waals surface area contributed by atoms with E-state index in [0.717, 1.165) is 0 Å². The van der Waals surface area contributed by atoms with E-state index in [4.69, 9.17) is 9.47 Å². The maximum absolute atomic E-state index is 13.8. The third kappa shape index (κ3) is 5.78. The highest BCUT2D eigenvalue weighted by atomic mass is 19.1. The van der Waals surface area contributed by atoms with E-state index in [1.807, 2.05) is 0 Å². The van der Waals surface area contributed by atoms with Crippen LogP contribution < -0.4 is 20.2 Å². The number of nitrogens with zero attached hydrogens (tertiary/aromatic N) is 1. The van der Waals surface area contributed by atoms with Gasteiger partial charge in [-0.25, -0.2) is 9.82 Å². The van der Waals surface area contributed by atoms with Crippen molar-refractivity contribution in [1.29, 1.82) is 0 Å². The molecule has 0 saturated carbocycles. The summed E-state index contributed by atoms with van der Waals surface area (Å²) in [6, 6.07) is 9.86. The van der Waals surface area contributed by atoms with Gasteiger partial charge in [-0.3, -0.25) is 9.59 Å². The molecule has 0 radical (unpaired) electrons. The summed E-state index contributed by atoms with van der Waals surface area (Å²) in [4.78, 5) is 24.8. The third-order valence-electron chi connectivity index (χ3n) is 4.15. The molecule has 0 saturated heterocycles. The third-order valence-corrected chi connectivity index (χ3v) is 4.15. The predicted molar refractivity (Wildman–Crippen MR) is 108 cm³/mol. The highest BCUT2D eigenvalue weighted by Gasteiger charge is 2.25. The van der Waals surface area contributed by atoms with Crippen LogP contribution in [0.1, 0.15) is 29.8 Å². The van der Waals surface area contributed by atoms with Crippen LogP contribution in [-0.2, 0) is 4.79 Å². The summed E-state index contributed by atoms with van der Waals surface area (Å²) in [6.45, 7) is 3.54. The summed E-state index contributed by atoms with van der Waals surface area (Å²) >= 11 is 0. The Balaban J connectivity index is 2.05. The van der Waals surface area contributed by atoms with E-state index in [0.29, 0.717) is 17.1 Å². The highest BCUT2D eigenvalue weighted by molar-refractivity contribution is 5.98. The van der Waals surface area contributed by atoms with Crippen LogP contribution in [0.25, 0.3) is 0 Å². The van der Waals surface area contributed by atoms with Crippen LogP contribution in [0.2, 0.25) is 0 Å². The summed E-state index contributed by atoms with van der Waals surface area (Å²) in [5, 5.41) is 6.48. The summed E-state index contributed by atoms with van der Waals surface area (Å²) < 4.78 is 24.2. The van der Waals surface area contributed by atoms with E-state index >= 15 is 0 Å². The number of methoxy groups -OCH3 is 2. The number of hydrogen-bond acceptors (Lipinski definition) is 5. The molecule has 2 amide bonds. The number of hydrogen-bond donors (Lipinski definition) is 2. The van der Waals surface area contributed by atoms with Crippen molar-refractivity contribution in [2.24, 2.45) is 11.0 Å². The number of ether oxygens (including phenoxy) is 2. The predicted octanol–water partition coefficient (Wildman–Crippen LogP) is 2.75. The first-order valence-corrected chi connectivity index (χ1v) is 8.97. The van der Waals surface area contributed by atoms with Gasteiger partial charge in [0.25, 0.3) is 11.8 Å². The van der Waals surface area contributed by atoms with Gasteiger partial charge in [0, 0.05) is 0 Å². The van der Waals surface area contributed by atoms with Crippen LogP contribution in [0.3, 0.4) is 0 Å². The number of hydrazone groups is 1. The molecule has 0 spiro atoms. The molecule has 2 rings (SSSR count). The Hall–Kier alpha value is -3.42. The van der Waals surface area contributed by atoms with Crippen LogP contribution in [0.15, 0.2) is 47.6 Å². The minimum atomic E-state index is -0.885. The van der Waals surface area contributed by atoms with E-state index < -0.39 is 23.7 Å². The van der Waals surface area contributed by atoms with E-state index in [-0.39, 0.29) is 11.5 Å². The average Bonchev–Trinajstić information content (AvgIpc) is 2.71. The fourth-order valence-corrected chi connectivity index (χ4v) is 2.57. The topological polar surface area (TPSA) is 89.0 Å². The second-order valence-electron chi connectivity index (χ2n) is 6.52. The van der Waals surface area contributed by atoms with Crippen LogP contribution in [0.4, 0.5) is 4.39 Å². The van der Waals surface area contributed by atoms with Gasteiger partial charge in [0.15, 0.2) is 11.5 Å². The first-order valence-electron chi connectivity index (χ1n) is 8.97. The Kier molecular flexibility index (Phi) is 7.70. The van der Waals surface area contributed by atoms with Gasteiger partial charge in [0.1, 0.15) is 11.9 Å². The van der Waals surface area contributed by atoms with Crippen molar-refractivity contribution in [3.8, 4) is 11.5 Å². The highest BCUT2D eigenvalue weighted by Crippen LogP contribution is 2.26. The van der Waals surface area contributed by atoms with Gasteiger partial charge in [0.2, 0.25) is 0 Å². The van der Waals surface area contributed by atoms with Crippen LogP contribution in [0, 0.1) is 11.7 Å². The van der Waals surface area contributed by atoms with Gasteiger partial charge < -0.3 is 14.8 Å². The molecule has 0 aliphatic heterocycles. The lowest BCUT2D eigenvalue weighted by Crippen LogP contribution is -2.48. The van der Waals surface area contributed by atoms with E-state index in [1.54, 1.807) is 38.1 Å². The quantitative estimate of drug-likeness (QED) is 0.526. The van der Waals surface area contributed by atoms with Crippen molar-refractivity contribution < 1.29 is 23.5 Å². The molecule has 0 aliphatic rings. The van der Waals surface area contributed by atoms with Crippen molar-refractivity contribution in [2.45, 2.75) is 19.9 Å². The second-order valence-corrected chi connectivity index (χ2v) is 6.52. The lowest BCUT2D eigenvalue weighted by Gasteiger charge is -2.20. The molecule has 2 N–H and O–H groups in total. The number of carbonyl (C=O) groups excluding carboxylic acids is 2. The van der Waals surface area contributed by atoms with Crippen molar-refractivity contribution in [3.63, 3.8) is 0 Å². The largest absolute Gasteiger partial charge is 0.493 e. The molecule has 0 aliphatic carbocycles. The van der Waals surface area contributed by atoms with E-state index in [1.165, 1.54) is 38.6 Å². The Morgan fingerprint density at radius 1 is 1.07 bits per heavy atom. The molecule has 0 fully saturated rings. The first kappa shape index (κ1) is 21.9. The molecule has 1 atom stereocenters. The zero-order valence-electron chi connectivity index (χ0n) is 16.7. The minimum Gasteiger partial charge on any atom is -0.493 e. The Morgan fingerprint density at radius 2 is 1.76 bits per heavy atom. The zero-order chi connectivity index (χ0) is 21.4. The van der Waals surface area contributed by atoms with Gasteiger partial charge in [0.05, 0.1) is 26.0 Å². The molecule has 2 aromatic carbocycles. The molecule has 8 heteroatoms. The van der Waals surface area contributed by atoms with Gasteiger partial charge in [-0.15, -0.1) is 0 Å². The van der Waals surface area contributed by atoms with Crippen molar-refractivity contribution in [2.75, 3.05) is 14.2 Å². The number of carbonyl (C=O) groups is 2. The number of rotatable bonds is 8. The Morgan fingerprint density at radius 3 is 2.38 bits per heavy atom. The van der Waals surface area contributed by atoms with Gasteiger partial charge in [-0.05, 0) is 41.8 Å². The Labute approximate surface area is 168 Å². The number of nitrogens with one attached hydrogen (secondary N) is 2. The standard InChI is InChI=1S/C21H24FN3O4/c1-13(2)19(24-20(26)15-7-5-6-8-16(15)22)21(27)25-23-12-14-9-10-17(28-3)18(11-14)29-4/h5-13,19H,1-4H3,(H,24,26)(H,25,27)/b23-12+. The molecule has 7 nitrogen and oxygen atoms in total. The van der Waals surface area contributed by atoms with Crippen LogP contribution in [0.5, 0.6) is 11.5 Å². The summed E-state index contributed by atoms with van der Waals surface area (Å²) in [6.07, 6.45) is 1.44. The molecule has 154 valence electrons. The lowest BCUT2D eigenvalue weighted by atomic mass is 10.0. The molecule has 0 aromatic heterocycles. The lowest BCUT2D eigenvalue weighted by molar-refractivity contribution is -0.123. The van der Waals surface area contributed by atoms with Crippen molar-refractivity contribution in [1.82, 2.24) is 10.7 Å². The molecule has 1 unspecified atom stereocenters. The normalized spacial score (nSPS) is 11.9. The van der Waals surface area contributed by atoms with Crippen molar-refractivity contribution >= 4 is 18.0 Å². The molecule has 0 bridgehead atoms. The van der Waals surface area contributed by atoms with E-state index in [2.05, 4.69) is 15.8 Å². The van der Waals surface area contributed by atoms with Gasteiger partial charge in [-0.1, -0.05) is 26.0 Å². The summed E-state index contributed by atoms with van der Waals surface area (Å²) in [7, 11) is 3.06.